The van der Waals surface area contributed by atoms with Crippen LogP contribution in [0.5, 0.6) is 5.75 Å². The molecule has 0 aliphatic heterocycles. The van der Waals surface area contributed by atoms with Crippen molar-refractivity contribution in [2.75, 3.05) is 6.61 Å². The molecule has 0 saturated heterocycles. The van der Waals surface area contributed by atoms with Crippen LogP contribution >= 0.6 is 11.6 Å². The molecule has 34 heavy (non-hydrogen) atoms. The average Bonchev–Trinajstić information content (AvgIpc) is 2.88. The summed E-state index contributed by atoms with van der Waals surface area (Å²) in [6.07, 6.45) is 23.7. The lowest BCUT2D eigenvalue weighted by molar-refractivity contribution is 0.128. The second-order valence-corrected chi connectivity index (χ2v) is 11.5. The number of rotatable bonds is 8. The van der Waals surface area contributed by atoms with Crippen molar-refractivity contribution < 1.29 is 9.13 Å². The van der Waals surface area contributed by atoms with Crippen LogP contribution in [-0.2, 0) is 0 Å². The van der Waals surface area contributed by atoms with Crippen LogP contribution in [0.15, 0.2) is 30.4 Å². The predicted octanol–water partition coefficient (Wildman–Crippen LogP) is 10.0. The van der Waals surface area contributed by atoms with E-state index in [1.165, 1.54) is 63.4 Å². The molecule has 0 heterocycles. The fourth-order valence-electron chi connectivity index (χ4n) is 6.91. The summed E-state index contributed by atoms with van der Waals surface area (Å²) in [6.45, 7) is 4.79. The molecule has 3 heteroatoms. The molecule has 0 bridgehead atoms. The first-order chi connectivity index (χ1) is 16.6. The Kier molecular flexibility index (Phi) is 9.57. The molecule has 188 valence electrons. The molecule has 3 aliphatic carbocycles. The SMILES string of the molecule is C/C=C/C1CCC(C2CCC(C3CC=C(c4ccc(OCCCC)c(F)c4Cl)CC3)CC2)CC1. The van der Waals surface area contributed by atoms with Gasteiger partial charge in [0.2, 0.25) is 0 Å². The van der Waals surface area contributed by atoms with Gasteiger partial charge in [-0.15, -0.1) is 0 Å². The van der Waals surface area contributed by atoms with E-state index in [-0.39, 0.29) is 10.8 Å². The van der Waals surface area contributed by atoms with Gasteiger partial charge in [0.1, 0.15) is 0 Å². The van der Waals surface area contributed by atoms with Gasteiger partial charge in [-0.25, -0.2) is 4.39 Å². The molecule has 0 radical (unpaired) electrons. The highest BCUT2D eigenvalue weighted by atomic mass is 35.5. The van der Waals surface area contributed by atoms with Crippen molar-refractivity contribution in [2.24, 2.45) is 29.6 Å². The maximum absolute atomic E-state index is 14.8. The van der Waals surface area contributed by atoms with E-state index in [4.69, 9.17) is 16.3 Å². The van der Waals surface area contributed by atoms with Crippen molar-refractivity contribution >= 4 is 17.2 Å². The first kappa shape index (κ1) is 25.8. The van der Waals surface area contributed by atoms with Crippen molar-refractivity contribution in [3.05, 3.63) is 46.8 Å². The van der Waals surface area contributed by atoms with Crippen molar-refractivity contribution in [1.82, 2.24) is 0 Å². The first-order valence-electron chi connectivity index (χ1n) is 14.0. The number of benzene rings is 1. The zero-order valence-corrected chi connectivity index (χ0v) is 22.1. The minimum absolute atomic E-state index is 0.225. The summed E-state index contributed by atoms with van der Waals surface area (Å²) in [4.78, 5) is 0. The maximum atomic E-state index is 14.8. The molecule has 0 N–H and O–H groups in total. The molecule has 0 aromatic heterocycles. The number of halogens is 2. The molecule has 1 aromatic carbocycles. The molecular weight excluding hydrogens is 443 g/mol. The smallest absolute Gasteiger partial charge is 0.184 e. The second kappa shape index (κ2) is 12.6. The van der Waals surface area contributed by atoms with E-state index < -0.39 is 5.82 Å². The van der Waals surface area contributed by atoms with Gasteiger partial charge in [0.25, 0.3) is 0 Å². The Hall–Kier alpha value is -1.28. The Labute approximate surface area is 212 Å². The van der Waals surface area contributed by atoms with E-state index in [0.717, 1.165) is 60.8 Å². The summed E-state index contributed by atoms with van der Waals surface area (Å²) in [5.74, 6) is 4.32. The zero-order valence-electron chi connectivity index (χ0n) is 21.3. The molecule has 1 nitrogen and oxygen atoms in total. The van der Waals surface area contributed by atoms with Crippen LogP contribution < -0.4 is 4.74 Å². The summed E-state index contributed by atoms with van der Waals surface area (Å²) in [5, 5.41) is 0.225. The van der Waals surface area contributed by atoms with E-state index in [1.807, 2.05) is 6.07 Å². The molecule has 4 rings (SSSR count). The fraction of sp³-hybridized carbons (Fsp3) is 0.677. The van der Waals surface area contributed by atoms with Gasteiger partial charge in [0.05, 0.1) is 11.6 Å². The van der Waals surface area contributed by atoms with Gasteiger partial charge in [0.15, 0.2) is 11.6 Å². The third-order valence-corrected chi connectivity index (χ3v) is 9.40. The van der Waals surface area contributed by atoms with E-state index in [9.17, 15) is 4.39 Å². The van der Waals surface area contributed by atoms with Crippen LogP contribution in [0.4, 0.5) is 4.39 Å². The average molecular weight is 487 g/mol. The number of hydrogen-bond acceptors (Lipinski definition) is 1. The molecule has 3 aliphatic rings. The van der Waals surface area contributed by atoms with Gasteiger partial charge in [-0.1, -0.05) is 43.2 Å². The van der Waals surface area contributed by atoms with E-state index in [1.54, 1.807) is 6.07 Å². The van der Waals surface area contributed by atoms with E-state index in [2.05, 4.69) is 32.1 Å². The molecule has 1 aromatic rings. The van der Waals surface area contributed by atoms with Crippen molar-refractivity contribution in [3.63, 3.8) is 0 Å². The summed E-state index contributed by atoms with van der Waals surface area (Å²) >= 11 is 6.45. The summed E-state index contributed by atoms with van der Waals surface area (Å²) in [7, 11) is 0. The summed E-state index contributed by atoms with van der Waals surface area (Å²) in [5.41, 5.74) is 2.07. The van der Waals surface area contributed by atoms with Crippen LogP contribution in [0.3, 0.4) is 0 Å². The molecule has 0 spiro atoms. The highest BCUT2D eigenvalue weighted by Gasteiger charge is 2.33. The third-order valence-electron chi connectivity index (χ3n) is 9.03. The highest BCUT2D eigenvalue weighted by molar-refractivity contribution is 6.32. The van der Waals surface area contributed by atoms with Crippen molar-refractivity contribution in [3.8, 4) is 5.75 Å². The normalized spacial score (nSPS) is 30.4. The van der Waals surface area contributed by atoms with Crippen LogP contribution in [0.25, 0.3) is 5.57 Å². The molecule has 0 amide bonds. The van der Waals surface area contributed by atoms with E-state index in [0.29, 0.717) is 6.61 Å². The standard InChI is InChI=1S/C31H44ClFO/c1-3-5-21-34-29-20-19-28(30(32)31(29)33)27-17-15-26(16-18-27)25-13-11-24(12-14-25)23-9-7-22(6-4-2)8-10-23/h4,6,17,19-20,22-26H,3,5,7-16,18,21H2,1-2H3/b6-4+. The fourth-order valence-corrected chi connectivity index (χ4v) is 7.19. The van der Waals surface area contributed by atoms with E-state index >= 15 is 0 Å². The number of unbranched alkanes of at least 4 members (excludes halogenated alkanes) is 1. The van der Waals surface area contributed by atoms with Crippen LogP contribution in [0.2, 0.25) is 5.02 Å². The van der Waals surface area contributed by atoms with Gasteiger partial charge in [0, 0.05) is 0 Å². The van der Waals surface area contributed by atoms with Gasteiger partial charge in [-0.3, -0.25) is 0 Å². The lowest BCUT2D eigenvalue weighted by Crippen LogP contribution is -2.28. The minimum atomic E-state index is -0.406. The second-order valence-electron chi connectivity index (χ2n) is 11.1. The van der Waals surface area contributed by atoms with Gasteiger partial charge in [-0.2, -0.15) is 0 Å². The zero-order chi connectivity index (χ0) is 23.9. The minimum Gasteiger partial charge on any atom is -0.490 e. The Morgan fingerprint density at radius 3 is 2.18 bits per heavy atom. The lowest BCUT2D eigenvalue weighted by Gasteiger charge is -2.40. The number of ether oxygens (including phenoxy) is 1. The van der Waals surface area contributed by atoms with Gasteiger partial charge >= 0.3 is 0 Å². The first-order valence-corrected chi connectivity index (χ1v) is 14.4. The molecule has 1 unspecified atom stereocenters. The third kappa shape index (κ3) is 6.28. The van der Waals surface area contributed by atoms with Gasteiger partial charge in [-0.05, 0) is 137 Å². The molecular formula is C31H44ClFO. The quantitative estimate of drug-likeness (QED) is 0.262. The van der Waals surface area contributed by atoms with Gasteiger partial charge < -0.3 is 4.74 Å². The number of allylic oxidation sites excluding steroid dienone is 4. The summed E-state index contributed by atoms with van der Waals surface area (Å²) < 4.78 is 20.4. The Balaban J connectivity index is 1.27. The Bertz CT molecular complexity index is 843. The molecule has 1 atom stereocenters. The van der Waals surface area contributed by atoms with Crippen LogP contribution in [-0.4, -0.2) is 6.61 Å². The van der Waals surface area contributed by atoms with Crippen LogP contribution in [0.1, 0.15) is 103 Å². The van der Waals surface area contributed by atoms with Crippen molar-refractivity contribution in [2.45, 2.75) is 97.3 Å². The van der Waals surface area contributed by atoms with Crippen LogP contribution in [0, 0.1) is 35.4 Å². The number of hydrogen-bond donors (Lipinski definition) is 0. The monoisotopic (exact) mass is 486 g/mol. The lowest BCUT2D eigenvalue weighted by atomic mass is 9.66. The largest absolute Gasteiger partial charge is 0.490 e. The predicted molar refractivity (Wildman–Crippen MR) is 143 cm³/mol. The Morgan fingerprint density at radius 2 is 1.59 bits per heavy atom. The molecule has 2 saturated carbocycles. The maximum Gasteiger partial charge on any atom is 0.184 e. The summed E-state index contributed by atoms with van der Waals surface area (Å²) in [6, 6.07) is 3.71. The Morgan fingerprint density at radius 1 is 0.941 bits per heavy atom. The highest BCUT2D eigenvalue weighted by Crippen LogP contribution is 2.46. The topological polar surface area (TPSA) is 9.23 Å². The molecule has 2 fully saturated rings. The van der Waals surface area contributed by atoms with Crippen molar-refractivity contribution in [1.29, 1.82) is 0 Å².